The van der Waals surface area contributed by atoms with Gasteiger partial charge in [-0.3, -0.25) is 9.59 Å². The Kier molecular flexibility index (Phi) is 5.68. The largest absolute Gasteiger partial charge is 0.351 e. The van der Waals surface area contributed by atoms with Crippen molar-refractivity contribution < 1.29 is 4.79 Å². The number of benzene rings is 2. The minimum Gasteiger partial charge on any atom is -0.351 e. The molecule has 1 amide bonds. The van der Waals surface area contributed by atoms with Crippen molar-refractivity contribution in [1.29, 1.82) is 0 Å². The van der Waals surface area contributed by atoms with Gasteiger partial charge in [-0.05, 0) is 30.7 Å². The van der Waals surface area contributed by atoms with Crippen molar-refractivity contribution in [2.24, 2.45) is 5.73 Å². The zero-order chi connectivity index (χ0) is 18.5. The van der Waals surface area contributed by atoms with E-state index in [1.807, 2.05) is 53.1 Å². The van der Waals surface area contributed by atoms with Gasteiger partial charge in [0.05, 0.1) is 11.0 Å². The van der Waals surface area contributed by atoms with E-state index in [2.05, 4.69) is 12.2 Å². The van der Waals surface area contributed by atoms with E-state index < -0.39 is 0 Å². The van der Waals surface area contributed by atoms with Crippen molar-refractivity contribution in [1.82, 2.24) is 9.88 Å². The second kappa shape index (κ2) is 8.15. The molecule has 3 aromatic rings. The number of carbonyl (C=O) groups is 1. The van der Waals surface area contributed by atoms with Gasteiger partial charge in [-0.25, -0.2) is 0 Å². The number of carbonyl (C=O) groups excluding carboxylic acids is 1. The Morgan fingerprint density at radius 1 is 1.08 bits per heavy atom. The molecule has 26 heavy (non-hydrogen) atoms. The lowest BCUT2D eigenvalue weighted by Gasteiger charge is -2.19. The third-order valence-electron chi connectivity index (χ3n) is 4.74. The molecule has 1 unspecified atom stereocenters. The summed E-state index contributed by atoms with van der Waals surface area (Å²) in [7, 11) is 0. The minimum atomic E-state index is -0.0875. The fraction of sp³-hybridized carbons (Fsp3) is 0.333. The molecule has 0 bridgehead atoms. The van der Waals surface area contributed by atoms with Crippen molar-refractivity contribution in [3.05, 3.63) is 58.8 Å². The number of fused-ring (bicyclic) bond motifs is 2. The number of rotatable bonds is 7. The van der Waals surface area contributed by atoms with Gasteiger partial charge in [0.15, 0.2) is 5.43 Å². The summed E-state index contributed by atoms with van der Waals surface area (Å²) >= 11 is 0. The molecule has 1 heterocycles. The summed E-state index contributed by atoms with van der Waals surface area (Å²) in [5.74, 6) is -0.0875. The van der Waals surface area contributed by atoms with Gasteiger partial charge in [-0.2, -0.15) is 0 Å². The van der Waals surface area contributed by atoms with E-state index in [-0.39, 0.29) is 23.9 Å². The first-order valence-corrected chi connectivity index (χ1v) is 9.15. The Balaban J connectivity index is 1.99. The topological polar surface area (TPSA) is 77.1 Å². The number of hydrogen-bond acceptors (Lipinski definition) is 3. The van der Waals surface area contributed by atoms with Gasteiger partial charge in [0.25, 0.3) is 0 Å². The number of para-hydroxylation sites is 2. The van der Waals surface area contributed by atoms with Crippen LogP contribution in [0.25, 0.3) is 21.8 Å². The van der Waals surface area contributed by atoms with Gasteiger partial charge in [0.2, 0.25) is 5.91 Å². The zero-order valence-electron chi connectivity index (χ0n) is 15.1. The molecule has 5 nitrogen and oxygen atoms in total. The highest BCUT2D eigenvalue weighted by molar-refractivity contribution is 5.94. The summed E-state index contributed by atoms with van der Waals surface area (Å²) in [4.78, 5) is 25.4. The molecule has 0 fully saturated rings. The van der Waals surface area contributed by atoms with Gasteiger partial charge in [0.1, 0.15) is 6.54 Å². The molecule has 0 saturated carbocycles. The first-order valence-electron chi connectivity index (χ1n) is 9.15. The predicted molar refractivity (Wildman–Crippen MR) is 106 cm³/mol. The quantitative estimate of drug-likeness (QED) is 0.643. The second-order valence-electron chi connectivity index (χ2n) is 6.59. The van der Waals surface area contributed by atoms with Crippen LogP contribution in [-0.4, -0.2) is 23.1 Å². The number of unbranched alkanes of at least 4 members (excludes halogenated alkanes) is 1. The fourth-order valence-electron chi connectivity index (χ4n) is 3.36. The summed E-state index contributed by atoms with van der Waals surface area (Å²) in [6.07, 6.45) is 2.98. The number of aromatic nitrogens is 1. The van der Waals surface area contributed by atoms with Crippen LogP contribution in [0.1, 0.15) is 26.2 Å². The number of amides is 1. The number of hydrogen-bond donors (Lipinski definition) is 2. The average Bonchev–Trinajstić information content (AvgIpc) is 2.68. The third-order valence-corrected chi connectivity index (χ3v) is 4.74. The van der Waals surface area contributed by atoms with E-state index >= 15 is 0 Å². The first-order chi connectivity index (χ1) is 12.7. The maximum atomic E-state index is 12.7. The van der Waals surface area contributed by atoms with E-state index in [0.29, 0.717) is 17.3 Å². The summed E-state index contributed by atoms with van der Waals surface area (Å²) < 4.78 is 1.91. The molecule has 0 radical (unpaired) electrons. The molecule has 0 aliphatic heterocycles. The normalized spacial score (nSPS) is 12.4. The van der Waals surface area contributed by atoms with Crippen LogP contribution in [0.4, 0.5) is 0 Å². The molecule has 1 atom stereocenters. The number of nitrogens with two attached hydrogens (primary N) is 1. The highest BCUT2D eigenvalue weighted by Gasteiger charge is 2.15. The third kappa shape index (κ3) is 3.63. The molecule has 0 aliphatic rings. The monoisotopic (exact) mass is 351 g/mol. The number of nitrogens with zero attached hydrogens (tertiary/aromatic N) is 1. The van der Waals surface area contributed by atoms with E-state index in [1.165, 1.54) is 0 Å². The van der Waals surface area contributed by atoms with Crippen LogP contribution < -0.4 is 16.5 Å². The van der Waals surface area contributed by atoms with E-state index in [0.717, 1.165) is 30.3 Å². The Bertz CT molecular complexity index is 918. The Morgan fingerprint density at radius 3 is 2.19 bits per heavy atom. The maximum absolute atomic E-state index is 12.7. The second-order valence-corrected chi connectivity index (χ2v) is 6.59. The molecule has 3 rings (SSSR count). The van der Waals surface area contributed by atoms with Crippen molar-refractivity contribution in [3.8, 4) is 0 Å². The van der Waals surface area contributed by atoms with E-state index in [4.69, 9.17) is 5.73 Å². The number of pyridine rings is 1. The SMILES string of the molecule is CCCCC(CN)NC(=O)Cn1c2ccccc2c(=O)c2ccccc21. The average molecular weight is 351 g/mol. The van der Waals surface area contributed by atoms with Crippen LogP contribution in [0, 0.1) is 0 Å². The van der Waals surface area contributed by atoms with Crippen LogP contribution in [0.5, 0.6) is 0 Å². The van der Waals surface area contributed by atoms with Crippen LogP contribution in [0.2, 0.25) is 0 Å². The van der Waals surface area contributed by atoms with Gasteiger partial charge < -0.3 is 15.6 Å². The Hall–Kier alpha value is -2.66. The summed E-state index contributed by atoms with van der Waals surface area (Å²) in [6.45, 7) is 2.70. The Labute approximate surface area is 152 Å². The van der Waals surface area contributed by atoms with E-state index in [1.54, 1.807) is 0 Å². The molecule has 0 aliphatic carbocycles. The fourth-order valence-corrected chi connectivity index (χ4v) is 3.36. The van der Waals surface area contributed by atoms with Crippen LogP contribution >= 0.6 is 0 Å². The highest BCUT2D eigenvalue weighted by Crippen LogP contribution is 2.19. The van der Waals surface area contributed by atoms with Crippen LogP contribution in [0.3, 0.4) is 0 Å². The lowest BCUT2D eigenvalue weighted by Crippen LogP contribution is -2.41. The van der Waals surface area contributed by atoms with Crippen molar-refractivity contribution in [2.45, 2.75) is 38.8 Å². The van der Waals surface area contributed by atoms with Gasteiger partial charge in [-0.1, -0.05) is 44.0 Å². The maximum Gasteiger partial charge on any atom is 0.240 e. The molecule has 136 valence electrons. The lowest BCUT2D eigenvalue weighted by atomic mass is 10.1. The summed E-state index contributed by atoms with van der Waals surface area (Å²) in [6, 6.07) is 14.8. The molecular weight excluding hydrogens is 326 g/mol. The molecule has 5 heteroatoms. The molecule has 0 saturated heterocycles. The van der Waals surface area contributed by atoms with E-state index in [9.17, 15) is 9.59 Å². The summed E-state index contributed by atoms with van der Waals surface area (Å²) in [5.41, 5.74) is 7.32. The molecule has 0 spiro atoms. The van der Waals surface area contributed by atoms with Crippen molar-refractivity contribution in [2.75, 3.05) is 6.54 Å². The minimum absolute atomic E-state index is 0.00404. The van der Waals surface area contributed by atoms with Crippen LogP contribution in [-0.2, 0) is 11.3 Å². The van der Waals surface area contributed by atoms with Gasteiger partial charge in [-0.15, -0.1) is 0 Å². The van der Waals surface area contributed by atoms with Crippen molar-refractivity contribution >= 4 is 27.7 Å². The first kappa shape index (κ1) is 18.1. The summed E-state index contributed by atoms with van der Waals surface area (Å²) in [5, 5.41) is 4.28. The molecular formula is C21H25N3O2. The molecule has 1 aromatic heterocycles. The lowest BCUT2D eigenvalue weighted by molar-refractivity contribution is -0.122. The van der Waals surface area contributed by atoms with Gasteiger partial charge >= 0.3 is 0 Å². The highest BCUT2D eigenvalue weighted by atomic mass is 16.2. The van der Waals surface area contributed by atoms with Gasteiger partial charge in [0, 0.05) is 23.4 Å². The molecule has 3 N–H and O–H groups in total. The van der Waals surface area contributed by atoms with Crippen LogP contribution in [0.15, 0.2) is 53.3 Å². The predicted octanol–water partition coefficient (Wildman–Crippen LogP) is 2.79. The smallest absolute Gasteiger partial charge is 0.240 e. The Morgan fingerprint density at radius 2 is 1.65 bits per heavy atom. The standard InChI is InChI=1S/C21H25N3O2/c1-2-3-8-15(13-22)23-20(25)14-24-18-11-6-4-9-16(18)21(26)17-10-5-7-12-19(17)24/h4-7,9-12,15H,2-3,8,13-14,22H2,1H3,(H,23,25). The number of nitrogens with one attached hydrogen (secondary N) is 1. The van der Waals surface area contributed by atoms with Crippen molar-refractivity contribution in [3.63, 3.8) is 0 Å². The molecule has 2 aromatic carbocycles. The zero-order valence-corrected chi connectivity index (χ0v) is 15.1.